The van der Waals surface area contributed by atoms with Crippen molar-refractivity contribution in [3.63, 3.8) is 0 Å². The molecule has 1 atom stereocenters. The molecule has 21 heavy (non-hydrogen) atoms. The van der Waals surface area contributed by atoms with Crippen LogP contribution >= 0.6 is 0 Å². The van der Waals surface area contributed by atoms with E-state index in [2.05, 4.69) is 4.72 Å². The Morgan fingerprint density at radius 3 is 2.52 bits per heavy atom. The Hall–Kier alpha value is -1.59. The van der Waals surface area contributed by atoms with Crippen LogP contribution in [0, 0.1) is 0 Å². The quantitative estimate of drug-likeness (QED) is 0.815. The Morgan fingerprint density at radius 1 is 1.14 bits per heavy atom. The summed E-state index contributed by atoms with van der Waals surface area (Å²) < 4.78 is 31.6. The van der Waals surface area contributed by atoms with Gasteiger partial charge in [0, 0.05) is 12.5 Å². The van der Waals surface area contributed by atoms with Crippen LogP contribution in [0.5, 0.6) is 0 Å². The van der Waals surface area contributed by atoms with Gasteiger partial charge in [0.15, 0.2) is 0 Å². The van der Waals surface area contributed by atoms with Crippen LogP contribution in [0.1, 0.15) is 37.0 Å². The predicted octanol–water partition coefficient (Wildman–Crippen LogP) is 3.13. The van der Waals surface area contributed by atoms with Gasteiger partial charge in [-0.05, 0) is 30.5 Å². The van der Waals surface area contributed by atoms with Crippen LogP contribution in [-0.4, -0.2) is 20.7 Å². The van der Waals surface area contributed by atoms with Gasteiger partial charge in [-0.15, -0.1) is 0 Å². The van der Waals surface area contributed by atoms with Gasteiger partial charge in [0.05, 0.1) is 12.0 Å². The largest absolute Gasteiger partial charge is 0.469 e. The number of furan rings is 1. The Labute approximate surface area is 126 Å². The standard InChI is InChI=1S/C16H21NO3S/c1-2-13-21(18,19)17-11-10-15(16-9-6-12-20-16)14-7-4-3-5-8-14/h3-9,12,15,17H,2,10-11,13H2,1H3. The molecule has 1 aromatic carbocycles. The minimum atomic E-state index is -3.16. The fraction of sp³-hybridized carbons (Fsp3) is 0.375. The van der Waals surface area contributed by atoms with Crippen molar-refractivity contribution >= 4 is 10.0 Å². The summed E-state index contributed by atoms with van der Waals surface area (Å²) in [7, 11) is -3.16. The third kappa shape index (κ3) is 4.72. The normalized spacial score (nSPS) is 13.2. The zero-order valence-corrected chi connectivity index (χ0v) is 13.0. The molecule has 0 bridgehead atoms. The van der Waals surface area contributed by atoms with Crippen LogP contribution in [0.15, 0.2) is 53.1 Å². The molecule has 1 aromatic heterocycles. The minimum absolute atomic E-state index is 0.0607. The Kier molecular flexibility index (Phi) is 5.59. The number of sulfonamides is 1. The number of rotatable bonds is 8. The third-order valence-electron chi connectivity index (χ3n) is 3.32. The van der Waals surface area contributed by atoms with Gasteiger partial charge in [0.25, 0.3) is 0 Å². The summed E-state index contributed by atoms with van der Waals surface area (Å²) in [5.74, 6) is 1.09. The van der Waals surface area contributed by atoms with Gasteiger partial charge in [0.1, 0.15) is 5.76 Å². The highest BCUT2D eigenvalue weighted by Gasteiger charge is 2.17. The molecule has 1 N–H and O–H groups in total. The first kappa shape index (κ1) is 15.8. The van der Waals surface area contributed by atoms with E-state index in [1.807, 2.05) is 49.4 Å². The number of nitrogens with one attached hydrogen (secondary N) is 1. The molecule has 2 aromatic rings. The fourth-order valence-electron chi connectivity index (χ4n) is 2.35. The molecule has 0 fully saturated rings. The van der Waals surface area contributed by atoms with E-state index in [9.17, 15) is 8.42 Å². The van der Waals surface area contributed by atoms with Crippen molar-refractivity contribution in [2.24, 2.45) is 0 Å². The average Bonchev–Trinajstić information content (AvgIpc) is 2.98. The van der Waals surface area contributed by atoms with Gasteiger partial charge < -0.3 is 4.42 Å². The van der Waals surface area contributed by atoms with Crippen molar-refractivity contribution in [2.75, 3.05) is 12.3 Å². The maximum atomic E-state index is 11.7. The van der Waals surface area contributed by atoms with Crippen molar-refractivity contribution in [2.45, 2.75) is 25.7 Å². The first-order chi connectivity index (χ1) is 10.1. The molecule has 0 amide bonds. The fourth-order valence-corrected chi connectivity index (χ4v) is 3.46. The second-order valence-electron chi connectivity index (χ2n) is 4.98. The summed E-state index contributed by atoms with van der Waals surface area (Å²) in [5, 5.41) is 0. The molecular weight excluding hydrogens is 286 g/mol. The molecule has 0 aliphatic heterocycles. The van der Waals surface area contributed by atoms with Crippen molar-refractivity contribution in [1.29, 1.82) is 0 Å². The van der Waals surface area contributed by atoms with E-state index in [1.165, 1.54) is 0 Å². The van der Waals surface area contributed by atoms with Crippen LogP contribution in [-0.2, 0) is 10.0 Å². The first-order valence-corrected chi connectivity index (χ1v) is 8.83. The second kappa shape index (κ2) is 7.43. The molecule has 5 heteroatoms. The van der Waals surface area contributed by atoms with Gasteiger partial charge in [-0.3, -0.25) is 0 Å². The lowest BCUT2D eigenvalue weighted by Crippen LogP contribution is -2.28. The molecule has 1 heterocycles. The lowest BCUT2D eigenvalue weighted by atomic mass is 9.93. The maximum Gasteiger partial charge on any atom is 0.211 e. The molecule has 1 unspecified atom stereocenters. The van der Waals surface area contributed by atoms with Crippen LogP contribution in [0.2, 0.25) is 0 Å². The molecule has 0 aliphatic rings. The molecule has 0 saturated carbocycles. The highest BCUT2D eigenvalue weighted by molar-refractivity contribution is 7.89. The van der Waals surface area contributed by atoms with Crippen LogP contribution < -0.4 is 4.72 Å². The monoisotopic (exact) mass is 307 g/mol. The maximum absolute atomic E-state index is 11.7. The highest BCUT2D eigenvalue weighted by atomic mass is 32.2. The van der Waals surface area contributed by atoms with Crippen LogP contribution in [0.3, 0.4) is 0 Å². The first-order valence-electron chi connectivity index (χ1n) is 7.18. The SMILES string of the molecule is CCCS(=O)(=O)NCCC(c1ccccc1)c1ccco1. The molecule has 0 saturated heterocycles. The molecule has 0 radical (unpaired) electrons. The van der Waals surface area contributed by atoms with E-state index in [1.54, 1.807) is 6.26 Å². The highest BCUT2D eigenvalue weighted by Crippen LogP contribution is 2.27. The average molecular weight is 307 g/mol. The summed E-state index contributed by atoms with van der Waals surface area (Å²) in [4.78, 5) is 0. The summed E-state index contributed by atoms with van der Waals surface area (Å²) in [6.07, 6.45) is 2.93. The Bertz CT molecular complexity index is 621. The van der Waals surface area contributed by atoms with E-state index >= 15 is 0 Å². The third-order valence-corrected chi connectivity index (χ3v) is 4.91. The van der Waals surface area contributed by atoms with Gasteiger partial charge in [-0.25, -0.2) is 13.1 Å². The summed E-state index contributed by atoms with van der Waals surface area (Å²) in [5.41, 5.74) is 1.13. The van der Waals surface area contributed by atoms with Crippen molar-refractivity contribution < 1.29 is 12.8 Å². The smallest absolute Gasteiger partial charge is 0.211 e. The topological polar surface area (TPSA) is 59.3 Å². The van der Waals surface area contributed by atoms with Crippen LogP contribution in [0.25, 0.3) is 0 Å². The van der Waals surface area contributed by atoms with E-state index in [0.29, 0.717) is 19.4 Å². The van der Waals surface area contributed by atoms with Crippen LogP contribution in [0.4, 0.5) is 0 Å². The zero-order valence-electron chi connectivity index (χ0n) is 12.2. The molecule has 4 nitrogen and oxygen atoms in total. The minimum Gasteiger partial charge on any atom is -0.469 e. The van der Waals surface area contributed by atoms with Crippen molar-refractivity contribution in [1.82, 2.24) is 4.72 Å². The van der Waals surface area contributed by atoms with Gasteiger partial charge in [-0.2, -0.15) is 0 Å². The Morgan fingerprint density at radius 2 is 1.90 bits per heavy atom. The van der Waals surface area contributed by atoms with E-state index < -0.39 is 10.0 Å². The molecule has 0 spiro atoms. The summed E-state index contributed by atoms with van der Waals surface area (Å²) in [6, 6.07) is 13.8. The van der Waals surface area contributed by atoms with Gasteiger partial charge >= 0.3 is 0 Å². The molecule has 0 aliphatic carbocycles. The van der Waals surface area contributed by atoms with Crippen molar-refractivity contribution in [3.8, 4) is 0 Å². The lowest BCUT2D eigenvalue weighted by Gasteiger charge is -2.15. The van der Waals surface area contributed by atoms with E-state index in [0.717, 1.165) is 11.3 Å². The number of hydrogen-bond acceptors (Lipinski definition) is 3. The summed E-state index contributed by atoms with van der Waals surface area (Å²) >= 11 is 0. The molecule has 114 valence electrons. The molecule has 2 rings (SSSR count). The number of hydrogen-bond donors (Lipinski definition) is 1. The Balaban J connectivity index is 2.05. The molecular formula is C16H21NO3S. The van der Waals surface area contributed by atoms with Gasteiger partial charge in [-0.1, -0.05) is 37.3 Å². The number of benzene rings is 1. The summed E-state index contributed by atoms with van der Waals surface area (Å²) in [6.45, 7) is 2.26. The van der Waals surface area contributed by atoms with Crippen molar-refractivity contribution in [3.05, 3.63) is 60.1 Å². The van der Waals surface area contributed by atoms with E-state index in [-0.39, 0.29) is 11.7 Å². The zero-order chi connectivity index (χ0) is 15.1. The van der Waals surface area contributed by atoms with E-state index in [4.69, 9.17) is 4.42 Å². The second-order valence-corrected chi connectivity index (χ2v) is 6.91. The predicted molar refractivity (Wildman–Crippen MR) is 83.7 cm³/mol. The van der Waals surface area contributed by atoms with Gasteiger partial charge in [0.2, 0.25) is 10.0 Å². The lowest BCUT2D eigenvalue weighted by molar-refractivity contribution is 0.472.